The summed E-state index contributed by atoms with van der Waals surface area (Å²) in [6.07, 6.45) is 2.45. The molecule has 86 valence electrons. The summed E-state index contributed by atoms with van der Waals surface area (Å²) in [4.78, 5) is 2.43. The van der Waals surface area contributed by atoms with Crippen molar-refractivity contribution < 1.29 is 0 Å². The van der Waals surface area contributed by atoms with Crippen LogP contribution in [0.2, 0.25) is 0 Å². The van der Waals surface area contributed by atoms with Gasteiger partial charge in [0.2, 0.25) is 0 Å². The summed E-state index contributed by atoms with van der Waals surface area (Å²) in [7, 11) is 2.22. The molecule has 0 bridgehead atoms. The number of nitrogens with one attached hydrogen (secondary N) is 1. The summed E-state index contributed by atoms with van der Waals surface area (Å²) >= 11 is 0. The maximum absolute atomic E-state index is 3.58. The standard InChI is InChI=1S/C12H28N2/c1-6-8-13-12(7-2)10-14(5)9-11(3)4/h11-13H,6-10H2,1-5H3. The van der Waals surface area contributed by atoms with Crippen molar-refractivity contribution in [3.8, 4) is 0 Å². The van der Waals surface area contributed by atoms with E-state index in [9.17, 15) is 0 Å². The van der Waals surface area contributed by atoms with E-state index < -0.39 is 0 Å². The van der Waals surface area contributed by atoms with E-state index in [4.69, 9.17) is 0 Å². The van der Waals surface area contributed by atoms with Crippen LogP contribution in [0.3, 0.4) is 0 Å². The number of likely N-dealkylation sites (N-methyl/N-ethyl adjacent to an activating group) is 1. The molecule has 0 saturated carbocycles. The second kappa shape index (κ2) is 8.25. The monoisotopic (exact) mass is 200 g/mol. The highest BCUT2D eigenvalue weighted by atomic mass is 15.1. The Hall–Kier alpha value is -0.0800. The first kappa shape index (κ1) is 13.9. The zero-order chi connectivity index (χ0) is 11.0. The van der Waals surface area contributed by atoms with E-state index >= 15 is 0 Å². The molecule has 0 aromatic heterocycles. The van der Waals surface area contributed by atoms with Gasteiger partial charge in [0.15, 0.2) is 0 Å². The second-order valence-electron chi connectivity index (χ2n) is 4.67. The van der Waals surface area contributed by atoms with E-state index in [-0.39, 0.29) is 0 Å². The first-order chi connectivity index (χ1) is 6.60. The molecule has 14 heavy (non-hydrogen) atoms. The van der Waals surface area contributed by atoms with Crippen LogP contribution in [0.25, 0.3) is 0 Å². The van der Waals surface area contributed by atoms with Crippen molar-refractivity contribution in [3.63, 3.8) is 0 Å². The molecule has 0 heterocycles. The molecule has 2 heteroatoms. The highest BCUT2D eigenvalue weighted by Gasteiger charge is 2.09. The molecule has 0 aliphatic heterocycles. The van der Waals surface area contributed by atoms with Crippen molar-refractivity contribution >= 4 is 0 Å². The van der Waals surface area contributed by atoms with Crippen LogP contribution in [-0.4, -0.2) is 37.6 Å². The Morgan fingerprint density at radius 3 is 2.21 bits per heavy atom. The van der Waals surface area contributed by atoms with Gasteiger partial charge in [0, 0.05) is 19.1 Å². The third-order valence-corrected chi connectivity index (χ3v) is 2.38. The van der Waals surface area contributed by atoms with Gasteiger partial charge in [0.05, 0.1) is 0 Å². The quantitative estimate of drug-likeness (QED) is 0.647. The Kier molecular flexibility index (Phi) is 8.20. The van der Waals surface area contributed by atoms with Gasteiger partial charge in [-0.05, 0) is 32.4 Å². The van der Waals surface area contributed by atoms with Gasteiger partial charge in [-0.25, -0.2) is 0 Å². The molecule has 1 unspecified atom stereocenters. The van der Waals surface area contributed by atoms with Gasteiger partial charge in [-0.3, -0.25) is 0 Å². The third-order valence-electron chi connectivity index (χ3n) is 2.38. The van der Waals surface area contributed by atoms with Crippen LogP contribution in [0.4, 0.5) is 0 Å². The Morgan fingerprint density at radius 2 is 1.79 bits per heavy atom. The summed E-state index contributed by atoms with van der Waals surface area (Å²) in [6, 6.07) is 0.665. The average molecular weight is 200 g/mol. The number of hydrogen-bond acceptors (Lipinski definition) is 2. The zero-order valence-electron chi connectivity index (χ0n) is 10.6. The van der Waals surface area contributed by atoms with Gasteiger partial charge in [-0.2, -0.15) is 0 Å². The molecule has 0 fully saturated rings. The molecule has 0 amide bonds. The predicted octanol–water partition coefficient (Wildman–Crippen LogP) is 2.35. The molecule has 0 spiro atoms. The normalized spacial score (nSPS) is 13.9. The number of rotatable bonds is 8. The molecule has 0 saturated heterocycles. The Balaban J connectivity index is 3.68. The van der Waals surface area contributed by atoms with Crippen LogP contribution in [-0.2, 0) is 0 Å². The maximum atomic E-state index is 3.58. The summed E-state index contributed by atoms with van der Waals surface area (Å²) in [6.45, 7) is 12.6. The van der Waals surface area contributed by atoms with Crippen molar-refractivity contribution in [3.05, 3.63) is 0 Å². The lowest BCUT2D eigenvalue weighted by atomic mass is 10.1. The van der Waals surface area contributed by atoms with Gasteiger partial charge in [-0.15, -0.1) is 0 Å². The van der Waals surface area contributed by atoms with E-state index in [1.165, 1.54) is 25.9 Å². The molecule has 0 aromatic rings. The fourth-order valence-corrected chi connectivity index (χ4v) is 1.76. The average Bonchev–Trinajstić information content (AvgIpc) is 2.10. The van der Waals surface area contributed by atoms with Crippen LogP contribution < -0.4 is 5.32 Å². The lowest BCUT2D eigenvalue weighted by Crippen LogP contribution is -2.40. The van der Waals surface area contributed by atoms with Crippen LogP contribution >= 0.6 is 0 Å². The minimum atomic E-state index is 0.665. The molecule has 0 radical (unpaired) electrons. The molecular weight excluding hydrogens is 172 g/mol. The first-order valence-corrected chi connectivity index (χ1v) is 6.02. The van der Waals surface area contributed by atoms with Crippen LogP contribution in [0, 0.1) is 5.92 Å². The number of nitrogens with zero attached hydrogens (tertiary/aromatic N) is 1. The largest absolute Gasteiger partial charge is 0.313 e. The van der Waals surface area contributed by atoms with Crippen LogP contribution in [0.1, 0.15) is 40.5 Å². The fraction of sp³-hybridized carbons (Fsp3) is 1.00. The summed E-state index contributed by atoms with van der Waals surface area (Å²) in [5.41, 5.74) is 0. The predicted molar refractivity (Wildman–Crippen MR) is 64.7 cm³/mol. The second-order valence-corrected chi connectivity index (χ2v) is 4.67. The Labute approximate surface area is 90.1 Å². The van der Waals surface area contributed by atoms with E-state index in [2.05, 4.69) is 45.0 Å². The molecule has 2 nitrogen and oxygen atoms in total. The van der Waals surface area contributed by atoms with Gasteiger partial charge >= 0.3 is 0 Å². The molecule has 0 aromatic carbocycles. The summed E-state index contributed by atoms with van der Waals surface area (Å²) in [5.74, 6) is 0.767. The molecular formula is C12H28N2. The molecule has 0 aliphatic rings. The number of hydrogen-bond donors (Lipinski definition) is 1. The van der Waals surface area contributed by atoms with Crippen molar-refractivity contribution in [2.24, 2.45) is 5.92 Å². The van der Waals surface area contributed by atoms with Crippen molar-refractivity contribution in [1.82, 2.24) is 10.2 Å². The van der Waals surface area contributed by atoms with E-state index in [1.54, 1.807) is 0 Å². The smallest absolute Gasteiger partial charge is 0.0192 e. The fourth-order valence-electron chi connectivity index (χ4n) is 1.76. The highest BCUT2D eigenvalue weighted by molar-refractivity contribution is 4.69. The minimum absolute atomic E-state index is 0.665. The van der Waals surface area contributed by atoms with Crippen LogP contribution in [0.5, 0.6) is 0 Å². The van der Waals surface area contributed by atoms with Gasteiger partial charge < -0.3 is 10.2 Å². The maximum Gasteiger partial charge on any atom is 0.0192 e. The first-order valence-electron chi connectivity index (χ1n) is 6.02. The van der Waals surface area contributed by atoms with Crippen LogP contribution in [0.15, 0.2) is 0 Å². The van der Waals surface area contributed by atoms with E-state index in [1.807, 2.05) is 0 Å². The lowest BCUT2D eigenvalue weighted by Gasteiger charge is -2.25. The molecule has 1 atom stereocenters. The van der Waals surface area contributed by atoms with E-state index in [0.717, 1.165) is 12.5 Å². The van der Waals surface area contributed by atoms with Gasteiger partial charge in [0.25, 0.3) is 0 Å². The van der Waals surface area contributed by atoms with Crippen molar-refractivity contribution in [2.75, 3.05) is 26.7 Å². The third kappa shape index (κ3) is 7.34. The van der Waals surface area contributed by atoms with Gasteiger partial charge in [0.1, 0.15) is 0 Å². The highest BCUT2D eigenvalue weighted by Crippen LogP contribution is 1.99. The molecule has 0 rings (SSSR count). The summed E-state index contributed by atoms with van der Waals surface area (Å²) in [5, 5.41) is 3.58. The van der Waals surface area contributed by atoms with Crippen molar-refractivity contribution in [1.29, 1.82) is 0 Å². The SMILES string of the molecule is CCCNC(CC)CN(C)CC(C)C. The van der Waals surface area contributed by atoms with E-state index in [0.29, 0.717) is 6.04 Å². The minimum Gasteiger partial charge on any atom is -0.313 e. The zero-order valence-corrected chi connectivity index (χ0v) is 10.6. The summed E-state index contributed by atoms with van der Waals surface area (Å²) < 4.78 is 0. The molecule has 1 N–H and O–H groups in total. The lowest BCUT2D eigenvalue weighted by molar-refractivity contribution is 0.258. The van der Waals surface area contributed by atoms with Gasteiger partial charge in [-0.1, -0.05) is 27.7 Å². The topological polar surface area (TPSA) is 15.3 Å². The molecule has 0 aliphatic carbocycles. The van der Waals surface area contributed by atoms with Crippen molar-refractivity contribution in [2.45, 2.75) is 46.6 Å². The Bertz CT molecular complexity index is 123. The Morgan fingerprint density at radius 1 is 1.14 bits per heavy atom.